The summed E-state index contributed by atoms with van der Waals surface area (Å²) in [6.07, 6.45) is 2.46. The molecule has 36 heavy (non-hydrogen) atoms. The number of carbonyl (C=O) groups excluding carboxylic acids is 3. The predicted molar refractivity (Wildman–Crippen MR) is 128 cm³/mol. The molecular weight excluding hydrogens is 495 g/mol. The van der Waals surface area contributed by atoms with Gasteiger partial charge in [0.2, 0.25) is 5.91 Å². The summed E-state index contributed by atoms with van der Waals surface area (Å²) in [5.41, 5.74) is -1.03. The molecule has 4 rings (SSSR count). The van der Waals surface area contributed by atoms with Crippen LogP contribution in [-0.2, 0) is 4.79 Å². The molecule has 2 aromatic rings. The second-order valence-electron chi connectivity index (χ2n) is 9.71. The number of halogens is 4. The molecule has 2 N–H and O–H groups in total. The summed E-state index contributed by atoms with van der Waals surface area (Å²) in [5, 5.41) is 4.70. The van der Waals surface area contributed by atoms with Gasteiger partial charge in [-0.05, 0) is 70.7 Å². The van der Waals surface area contributed by atoms with E-state index in [2.05, 4.69) is 10.6 Å². The quantitative estimate of drug-likeness (QED) is 0.530. The van der Waals surface area contributed by atoms with Gasteiger partial charge in [0, 0.05) is 28.8 Å². The first-order valence-corrected chi connectivity index (χ1v) is 12.2. The fourth-order valence-electron chi connectivity index (χ4n) is 4.68. The van der Waals surface area contributed by atoms with Crippen LogP contribution in [0.15, 0.2) is 30.3 Å². The number of hydrogen-bond acceptors (Lipinski definition) is 3. The Balaban J connectivity index is 1.43. The van der Waals surface area contributed by atoms with Gasteiger partial charge in [-0.15, -0.1) is 0 Å². The van der Waals surface area contributed by atoms with Crippen LogP contribution in [0.3, 0.4) is 0 Å². The Labute approximate surface area is 212 Å². The fourth-order valence-corrected chi connectivity index (χ4v) is 4.89. The van der Waals surface area contributed by atoms with Crippen molar-refractivity contribution in [3.8, 4) is 0 Å². The number of carbonyl (C=O) groups is 3. The van der Waals surface area contributed by atoms with Gasteiger partial charge >= 0.3 is 0 Å². The van der Waals surface area contributed by atoms with Crippen molar-refractivity contribution in [2.24, 2.45) is 0 Å². The number of rotatable bonds is 6. The minimum absolute atomic E-state index is 0.0841. The molecule has 2 aromatic carbocycles. The van der Waals surface area contributed by atoms with Crippen molar-refractivity contribution in [2.75, 3.05) is 0 Å². The topological polar surface area (TPSA) is 78.5 Å². The molecule has 6 nitrogen and oxygen atoms in total. The summed E-state index contributed by atoms with van der Waals surface area (Å²) in [4.78, 5) is 40.1. The second kappa shape index (κ2) is 9.76. The number of nitrogens with zero attached hydrogens (tertiary/aromatic N) is 1. The molecule has 1 saturated carbocycles. The van der Waals surface area contributed by atoms with Gasteiger partial charge in [0.15, 0.2) is 11.6 Å². The Kier molecular flexibility index (Phi) is 7.05. The molecule has 1 aliphatic carbocycles. The van der Waals surface area contributed by atoms with Gasteiger partial charge in [-0.2, -0.15) is 0 Å². The lowest BCUT2D eigenvalue weighted by molar-refractivity contribution is -0.124. The summed E-state index contributed by atoms with van der Waals surface area (Å²) < 4.78 is 42.0. The summed E-state index contributed by atoms with van der Waals surface area (Å²) in [6, 6.07) is 5.30. The lowest BCUT2D eigenvalue weighted by Gasteiger charge is -2.27. The van der Waals surface area contributed by atoms with E-state index in [0.29, 0.717) is 18.9 Å². The number of hydrogen-bond donors (Lipinski definition) is 2. The van der Waals surface area contributed by atoms with E-state index in [-0.39, 0.29) is 34.7 Å². The molecule has 2 fully saturated rings. The van der Waals surface area contributed by atoms with Crippen molar-refractivity contribution >= 4 is 29.3 Å². The van der Waals surface area contributed by atoms with E-state index < -0.39 is 45.9 Å². The third-order valence-electron chi connectivity index (χ3n) is 7.03. The van der Waals surface area contributed by atoms with Crippen LogP contribution in [0, 0.1) is 17.5 Å². The first kappa shape index (κ1) is 26.0. The van der Waals surface area contributed by atoms with E-state index in [9.17, 15) is 27.6 Å². The fraction of sp³-hybridized carbons (Fsp3) is 0.423. The zero-order valence-electron chi connectivity index (χ0n) is 20.1. The number of nitrogens with one attached hydrogen (secondary N) is 2. The summed E-state index contributed by atoms with van der Waals surface area (Å²) in [6.45, 7) is 5.53. The van der Waals surface area contributed by atoms with Crippen molar-refractivity contribution < 1.29 is 27.6 Å². The van der Waals surface area contributed by atoms with Crippen LogP contribution in [0.25, 0.3) is 0 Å². The van der Waals surface area contributed by atoms with Gasteiger partial charge in [-0.3, -0.25) is 14.4 Å². The smallest absolute Gasteiger partial charge is 0.254 e. The van der Waals surface area contributed by atoms with Gasteiger partial charge < -0.3 is 15.5 Å². The van der Waals surface area contributed by atoms with Crippen LogP contribution in [-0.4, -0.2) is 40.2 Å². The first-order chi connectivity index (χ1) is 16.9. The molecule has 0 aromatic heterocycles. The number of benzene rings is 2. The molecule has 0 unspecified atom stereocenters. The minimum atomic E-state index is -1.28. The van der Waals surface area contributed by atoms with Gasteiger partial charge in [0.1, 0.15) is 11.4 Å². The molecular formula is C26H27ClF3N3O3. The molecule has 192 valence electrons. The van der Waals surface area contributed by atoms with Crippen LogP contribution in [0.5, 0.6) is 0 Å². The van der Waals surface area contributed by atoms with Gasteiger partial charge in [-0.1, -0.05) is 17.7 Å². The molecule has 2 aliphatic rings. The molecule has 0 radical (unpaired) electrons. The highest BCUT2D eigenvalue weighted by atomic mass is 35.5. The van der Waals surface area contributed by atoms with E-state index >= 15 is 0 Å². The monoisotopic (exact) mass is 521 g/mol. The van der Waals surface area contributed by atoms with Gasteiger partial charge in [0.25, 0.3) is 11.8 Å². The van der Waals surface area contributed by atoms with E-state index in [1.54, 1.807) is 17.9 Å². The van der Waals surface area contributed by atoms with Crippen molar-refractivity contribution in [1.29, 1.82) is 0 Å². The van der Waals surface area contributed by atoms with Crippen molar-refractivity contribution in [3.63, 3.8) is 0 Å². The van der Waals surface area contributed by atoms with Crippen molar-refractivity contribution in [3.05, 3.63) is 69.5 Å². The van der Waals surface area contributed by atoms with Crippen LogP contribution in [0.4, 0.5) is 13.2 Å². The highest BCUT2D eigenvalue weighted by Crippen LogP contribution is 2.37. The molecule has 1 aliphatic heterocycles. The van der Waals surface area contributed by atoms with E-state index in [0.717, 1.165) is 18.9 Å². The van der Waals surface area contributed by atoms with E-state index in [4.69, 9.17) is 11.6 Å². The van der Waals surface area contributed by atoms with Crippen LogP contribution in [0.2, 0.25) is 5.02 Å². The largest absolute Gasteiger partial charge is 0.347 e. The second-order valence-corrected chi connectivity index (χ2v) is 10.1. The zero-order valence-corrected chi connectivity index (χ0v) is 20.9. The van der Waals surface area contributed by atoms with Gasteiger partial charge in [-0.25, -0.2) is 13.2 Å². The summed E-state index contributed by atoms with van der Waals surface area (Å²) in [7, 11) is 0. The average molecular weight is 522 g/mol. The normalized spacial score (nSPS) is 21.1. The highest BCUT2D eigenvalue weighted by molar-refractivity contribution is 6.31. The maximum absolute atomic E-state index is 15.0. The zero-order chi connectivity index (χ0) is 26.4. The Morgan fingerprint density at radius 2 is 1.61 bits per heavy atom. The average Bonchev–Trinajstić information content (AvgIpc) is 3.53. The summed E-state index contributed by atoms with van der Waals surface area (Å²) in [5.74, 6) is -4.71. The maximum Gasteiger partial charge on any atom is 0.254 e. The first-order valence-electron chi connectivity index (χ1n) is 11.8. The van der Waals surface area contributed by atoms with Crippen molar-refractivity contribution in [2.45, 2.75) is 70.1 Å². The Morgan fingerprint density at radius 1 is 1.00 bits per heavy atom. The predicted octanol–water partition coefficient (Wildman–Crippen LogP) is 4.91. The molecule has 1 saturated heterocycles. The number of likely N-dealkylation sites (tertiary alicyclic amines) is 1. The van der Waals surface area contributed by atoms with E-state index in [1.807, 2.05) is 13.8 Å². The molecule has 0 bridgehead atoms. The number of amides is 3. The van der Waals surface area contributed by atoms with Crippen LogP contribution in [0.1, 0.15) is 78.8 Å². The Morgan fingerprint density at radius 3 is 2.17 bits per heavy atom. The highest BCUT2D eigenvalue weighted by Gasteiger charge is 2.51. The lowest BCUT2D eigenvalue weighted by atomic mass is 10.0. The van der Waals surface area contributed by atoms with E-state index in [1.165, 1.54) is 12.1 Å². The van der Waals surface area contributed by atoms with Crippen LogP contribution < -0.4 is 10.6 Å². The summed E-state index contributed by atoms with van der Waals surface area (Å²) >= 11 is 5.61. The standard InChI is InChI=1S/C26H27ClF3N3O3/c1-13-4-5-14(2)33(13)24(35)16-6-7-18(20(28)11-16)15(3)31-25(36)26(8-9-26)32-23(34)17-10-19(27)22(30)21(29)12-17/h6-7,10-15H,4-5,8-9H2,1-3H3,(H,31,36)(H,32,34)/t13-,14+,15-/m1/s1. The molecule has 10 heteroatoms. The Hall–Kier alpha value is -3.07. The third-order valence-corrected chi connectivity index (χ3v) is 7.31. The molecule has 3 atom stereocenters. The molecule has 0 spiro atoms. The molecule has 3 amide bonds. The van der Waals surface area contributed by atoms with Crippen LogP contribution >= 0.6 is 11.6 Å². The molecule has 1 heterocycles. The minimum Gasteiger partial charge on any atom is -0.347 e. The Bertz CT molecular complexity index is 1200. The lowest BCUT2D eigenvalue weighted by Crippen LogP contribution is -2.49. The third kappa shape index (κ3) is 4.93. The van der Waals surface area contributed by atoms with Crippen molar-refractivity contribution in [1.82, 2.24) is 15.5 Å². The maximum atomic E-state index is 15.0. The SMILES string of the molecule is C[C@@H]1CC[C@H](C)N1C(=O)c1ccc([C@@H](C)NC(=O)C2(NC(=O)c3cc(F)c(F)c(Cl)c3)CC2)c(F)c1. The van der Waals surface area contributed by atoms with Gasteiger partial charge in [0.05, 0.1) is 11.1 Å².